The molecule has 1 aromatic heterocycles. The molecule has 0 amide bonds. The van der Waals surface area contributed by atoms with Crippen LogP contribution in [0.4, 0.5) is 0 Å². The first-order valence-corrected chi connectivity index (χ1v) is 7.09. The van der Waals surface area contributed by atoms with Gasteiger partial charge in [0.15, 0.2) is 0 Å². The van der Waals surface area contributed by atoms with Gasteiger partial charge in [0, 0.05) is 25.8 Å². The molecule has 18 heavy (non-hydrogen) atoms. The molecular weight excluding hydrogens is 276 g/mol. The van der Waals surface area contributed by atoms with E-state index in [0.29, 0.717) is 13.1 Å². The first-order valence-electron chi connectivity index (χ1n) is 5.65. The standard InChI is InChI=1S/C10H18N4O2S.ClH/c1-8-3-9(4-11)6-14(8)17(15,16)10-5-12-13(2)7-10;/h5,7-9H,3-4,6,11H2,1-2H3;1H. The Morgan fingerprint density at radius 2 is 2.22 bits per heavy atom. The maximum atomic E-state index is 12.4. The van der Waals surface area contributed by atoms with Gasteiger partial charge in [0.25, 0.3) is 0 Å². The number of hydrogen-bond acceptors (Lipinski definition) is 4. The Morgan fingerprint density at radius 1 is 1.56 bits per heavy atom. The second-order valence-electron chi connectivity index (χ2n) is 4.61. The molecule has 1 fully saturated rings. The van der Waals surface area contributed by atoms with Gasteiger partial charge in [-0.1, -0.05) is 0 Å². The highest BCUT2D eigenvalue weighted by Crippen LogP contribution is 2.28. The molecule has 104 valence electrons. The lowest BCUT2D eigenvalue weighted by Crippen LogP contribution is -2.34. The third kappa shape index (κ3) is 2.69. The summed E-state index contributed by atoms with van der Waals surface area (Å²) in [5.74, 6) is 0.261. The Labute approximate surface area is 114 Å². The van der Waals surface area contributed by atoms with Crippen LogP contribution >= 0.6 is 12.4 Å². The highest BCUT2D eigenvalue weighted by Gasteiger charge is 2.37. The van der Waals surface area contributed by atoms with Gasteiger partial charge in [0.1, 0.15) is 4.90 Å². The number of aryl methyl sites for hydroxylation is 1. The molecule has 0 radical (unpaired) electrons. The second-order valence-corrected chi connectivity index (χ2v) is 6.50. The molecule has 2 heterocycles. The number of rotatable bonds is 3. The Morgan fingerprint density at radius 3 is 2.67 bits per heavy atom. The molecule has 2 atom stereocenters. The first-order chi connectivity index (χ1) is 7.95. The molecule has 2 unspecified atom stereocenters. The first kappa shape index (κ1) is 15.4. The van der Waals surface area contributed by atoms with Crippen LogP contribution in [0.1, 0.15) is 13.3 Å². The third-order valence-electron chi connectivity index (χ3n) is 3.23. The van der Waals surface area contributed by atoms with E-state index in [2.05, 4.69) is 5.10 Å². The van der Waals surface area contributed by atoms with Gasteiger partial charge < -0.3 is 5.73 Å². The van der Waals surface area contributed by atoms with Crippen molar-refractivity contribution in [3.8, 4) is 0 Å². The predicted molar refractivity (Wildman–Crippen MR) is 71.0 cm³/mol. The molecule has 2 N–H and O–H groups in total. The molecule has 0 bridgehead atoms. The van der Waals surface area contributed by atoms with Gasteiger partial charge in [-0.25, -0.2) is 8.42 Å². The molecule has 0 saturated carbocycles. The van der Waals surface area contributed by atoms with Crippen molar-refractivity contribution in [2.24, 2.45) is 18.7 Å². The molecule has 2 rings (SSSR count). The number of nitrogens with two attached hydrogens (primary N) is 1. The summed E-state index contributed by atoms with van der Waals surface area (Å²) in [6.45, 7) is 2.96. The summed E-state index contributed by atoms with van der Waals surface area (Å²) in [7, 11) is -1.71. The molecule has 1 aromatic rings. The molecule has 8 heteroatoms. The van der Waals surface area contributed by atoms with Crippen molar-refractivity contribution in [1.29, 1.82) is 0 Å². The molecule has 0 spiro atoms. The predicted octanol–water partition coefficient (Wildman–Crippen LogP) is 0.200. The van der Waals surface area contributed by atoms with Crippen LogP contribution in [0.25, 0.3) is 0 Å². The van der Waals surface area contributed by atoms with E-state index in [4.69, 9.17) is 5.73 Å². The lowest BCUT2D eigenvalue weighted by atomic mass is 10.1. The summed E-state index contributed by atoms with van der Waals surface area (Å²) < 4.78 is 27.7. The van der Waals surface area contributed by atoms with Crippen molar-refractivity contribution in [3.05, 3.63) is 12.4 Å². The van der Waals surface area contributed by atoms with Crippen molar-refractivity contribution in [1.82, 2.24) is 14.1 Å². The summed E-state index contributed by atoms with van der Waals surface area (Å²) >= 11 is 0. The lowest BCUT2D eigenvalue weighted by molar-refractivity contribution is 0.404. The topological polar surface area (TPSA) is 81.2 Å². The van der Waals surface area contributed by atoms with E-state index in [1.54, 1.807) is 7.05 Å². The largest absolute Gasteiger partial charge is 0.330 e. The maximum absolute atomic E-state index is 12.4. The van der Waals surface area contributed by atoms with Crippen molar-refractivity contribution >= 4 is 22.4 Å². The second kappa shape index (κ2) is 5.56. The normalized spacial score (nSPS) is 25.1. The molecule has 0 aliphatic carbocycles. The van der Waals surface area contributed by atoms with Gasteiger partial charge in [-0.15, -0.1) is 12.4 Å². The van der Waals surface area contributed by atoms with Gasteiger partial charge in [-0.3, -0.25) is 4.68 Å². The highest BCUT2D eigenvalue weighted by molar-refractivity contribution is 7.89. The van der Waals surface area contributed by atoms with E-state index in [1.807, 2.05) is 6.92 Å². The summed E-state index contributed by atoms with van der Waals surface area (Å²) in [4.78, 5) is 0.254. The van der Waals surface area contributed by atoms with Crippen LogP contribution in [-0.2, 0) is 17.1 Å². The quantitative estimate of drug-likeness (QED) is 0.863. The molecule has 1 saturated heterocycles. The van der Waals surface area contributed by atoms with Crippen molar-refractivity contribution in [3.63, 3.8) is 0 Å². The minimum Gasteiger partial charge on any atom is -0.330 e. The number of nitrogens with zero attached hydrogens (tertiary/aromatic N) is 3. The van der Waals surface area contributed by atoms with E-state index in [-0.39, 0.29) is 29.3 Å². The molecule has 6 nitrogen and oxygen atoms in total. The van der Waals surface area contributed by atoms with Crippen LogP contribution in [0.3, 0.4) is 0 Å². The van der Waals surface area contributed by atoms with E-state index < -0.39 is 10.0 Å². The number of aromatic nitrogens is 2. The van der Waals surface area contributed by atoms with Crippen LogP contribution in [0.15, 0.2) is 17.3 Å². The van der Waals surface area contributed by atoms with Gasteiger partial charge in [0.05, 0.1) is 6.20 Å². The summed E-state index contributed by atoms with van der Waals surface area (Å²) in [6.07, 6.45) is 3.74. The van der Waals surface area contributed by atoms with Crippen molar-refractivity contribution in [2.45, 2.75) is 24.3 Å². The van der Waals surface area contributed by atoms with E-state index >= 15 is 0 Å². The third-order valence-corrected chi connectivity index (χ3v) is 5.16. The number of sulfonamides is 1. The Balaban J connectivity index is 0.00000162. The van der Waals surface area contributed by atoms with Gasteiger partial charge in [0.2, 0.25) is 10.0 Å². The lowest BCUT2D eigenvalue weighted by Gasteiger charge is -2.19. The van der Waals surface area contributed by atoms with Crippen LogP contribution in [0.2, 0.25) is 0 Å². The van der Waals surface area contributed by atoms with Crippen LogP contribution < -0.4 is 5.73 Å². The zero-order valence-corrected chi connectivity index (χ0v) is 12.1. The number of halogens is 1. The molecular formula is C10H19ClN4O2S. The van der Waals surface area contributed by atoms with E-state index in [1.165, 1.54) is 21.4 Å². The van der Waals surface area contributed by atoms with Crippen LogP contribution in [0, 0.1) is 5.92 Å². The van der Waals surface area contributed by atoms with Gasteiger partial charge >= 0.3 is 0 Å². The van der Waals surface area contributed by atoms with Crippen molar-refractivity contribution < 1.29 is 8.42 Å². The zero-order chi connectivity index (χ0) is 12.6. The van der Waals surface area contributed by atoms with Gasteiger partial charge in [-0.05, 0) is 25.8 Å². The molecule has 1 aliphatic heterocycles. The fraction of sp³-hybridized carbons (Fsp3) is 0.700. The summed E-state index contributed by atoms with van der Waals surface area (Å²) in [5, 5.41) is 3.90. The Hall–Kier alpha value is -0.630. The Kier molecular flexibility index (Phi) is 4.77. The van der Waals surface area contributed by atoms with E-state index in [9.17, 15) is 8.42 Å². The van der Waals surface area contributed by atoms with Crippen LogP contribution in [-0.4, -0.2) is 41.6 Å². The smallest absolute Gasteiger partial charge is 0.246 e. The minimum absolute atomic E-state index is 0. The summed E-state index contributed by atoms with van der Waals surface area (Å²) in [6, 6.07) is 0.00811. The SMILES string of the molecule is CC1CC(CN)CN1S(=O)(=O)c1cnn(C)c1.Cl. The summed E-state index contributed by atoms with van der Waals surface area (Å²) in [5.41, 5.74) is 5.61. The average Bonchev–Trinajstić information content (AvgIpc) is 2.85. The monoisotopic (exact) mass is 294 g/mol. The molecule has 0 aromatic carbocycles. The fourth-order valence-corrected chi connectivity index (χ4v) is 3.99. The minimum atomic E-state index is -3.42. The highest BCUT2D eigenvalue weighted by atomic mass is 35.5. The average molecular weight is 295 g/mol. The maximum Gasteiger partial charge on any atom is 0.246 e. The Bertz CT molecular complexity index is 502. The van der Waals surface area contributed by atoms with Crippen LogP contribution in [0.5, 0.6) is 0 Å². The van der Waals surface area contributed by atoms with Gasteiger partial charge in [-0.2, -0.15) is 9.40 Å². The fourth-order valence-electron chi connectivity index (χ4n) is 2.28. The molecule has 1 aliphatic rings. The van der Waals surface area contributed by atoms with Crippen molar-refractivity contribution in [2.75, 3.05) is 13.1 Å². The zero-order valence-electron chi connectivity index (χ0n) is 10.5. The number of hydrogen-bond donors (Lipinski definition) is 1. The van der Waals surface area contributed by atoms with E-state index in [0.717, 1.165) is 6.42 Å².